The van der Waals surface area contributed by atoms with Gasteiger partial charge in [0.05, 0.1) is 22.7 Å². The molecule has 2 aromatic rings. The van der Waals surface area contributed by atoms with E-state index in [9.17, 15) is 9.18 Å². The fourth-order valence-corrected chi connectivity index (χ4v) is 2.38. The lowest BCUT2D eigenvalue weighted by Gasteiger charge is -2.11. The van der Waals surface area contributed by atoms with Crippen LogP contribution in [0.25, 0.3) is 0 Å². The molecule has 2 rings (SSSR count). The molecule has 2 nitrogen and oxygen atoms in total. The molecule has 2 aromatic carbocycles. The fourth-order valence-electron chi connectivity index (χ4n) is 1.90. The Morgan fingerprint density at radius 2 is 1.80 bits per heavy atom. The molecule has 0 N–H and O–H groups in total. The van der Waals surface area contributed by atoms with E-state index in [2.05, 4.69) is 0 Å². The van der Waals surface area contributed by atoms with E-state index in [0.717, 1.165) is 0 Å². The second-order valence-electron chi connectivity index (χ2n) is 4.13. The lowest BCUT2D eigenvalue weighted by atomic mass is 10.0. The molecule has 0 atom stereocenters. The van der Waals surface area contributed by atoms with Gasteiger partial charge in [-0.25, -0.2) is 4.39 Å². The predicted octanol–water partition coefficient (Wildman–Crippen LogP) is 4.57. The monoisotopic (exact) mass is 312 g/mol. The molecule has 0 aliphatic rings. The highest BCUT2D eigenvalue weighted by molar-refractivity contribution is 6.37. The maximum Gasteiger partial charge on any atom is 0.172 e. The Kier molecular flexibility index (Phi) is 4.63. The number of halogens is 3. The van der Waals surface area contributed by atoms with Crippen LogP contribution in [-0.4, -0.2) is 12.9 Å². The van der Waals surface area contributed by atoms with Crippen LogP contribution in [0, 0.1) is 5.82 Å². The van der Waals surface area contributed by atoms with E-state index in [1.165, 1.54) is 19.2 Å². The van der Waals surface area contributed by atoms with Crippen LogP contribution in [0.3, 0.4) is 0 Å². The van der Waals surface area contributed by atoms with Crippen molar-refractivity contribution in [3.63, 3.8) is 0 Å². The average Bonchev–Trinajstić information content (AvgIpc) is 2.43. The number of rotatable bonds is 4. The molecule has 0 aromatic heterocycles. The van der Waals surface area contributed by atoms with Crippen LogP contribution in [0.15, 0.2) is 36.4 Å². The van der Waals surface area contributed by atoms with Crippen LogP contribution >= 0.6 is 23.2 Å². The molecule has 0 bridgehead atoms. The van der Waals surface area contributed by atoms with Crippen LogP contribution in [-0.2, 0) is 6.42 Å². The number of hydrogen-bond acceptors (Lipinski definition) is 2. The number of carbonyl (C=O) groups excluding carboxylic acids is 1. The summed E-state index contributed by atoms with van der Waals surface area (Å²) in [6.45, 7) is 0. The Morgan fingerprint density at radius 1 is 1.15 bits per heavy atom. The molecule has 104 valence electrons. The third-order valence-corrected chi connectivity index (χ3v) is 3.46. The van der Waals surface area contributed by atoms with Crippen molar-refractivity contribution in [3.05, 3.63) is 63.4 Å². The van der Waals surface area contributed by atoms with Crippen LogP contribution in [0.4, 0.5) is 4.39 Å². The van der Waals surface area contributed by atoms with E-state index >= 15 is 0 Å². The fraction of sp³-hybridized carbons (Fsp3) is 0.133. The highest BCUT2D eigenvalue weighted by Gasteiger charge is 2.20. The molecular weight excluding hydrogens is 302 g/mol. The molecule has 0 radical (unpaired) electrons. The summed E-state index contributed by atoms with van der Waals surface area (Å²) < 4.78 is 18.7. The van der Waals surface area contributed by atoms with Gasteiger partial charge in [0, 0.05) is 6.42 Å². The Labute approximate surface area is 126 Å². The first-order valence-corrected chi connectivity index (χ1v) is 6.58. The van der Waals surface area contributed by atoms with Gasteiger partial charge >= 0.3 is 0 Å². The summed E-state index contributed by atoms with van der Waals surface area (Å²) in [7, 11) is 1.40. The SMILES string of the molecule is COc1c(Cl)ccc(Cl)c1C(=O)Cc1ccccc1F. The number of carbonyl (C=O) groups is 1. The van der Waals surface area contributed by atoms with Gasteiger partial charge in [0.15, 0.2) is 5.78 Å². The van der Waals surface area contributed by atoms with Crippen LogP contribution in [0.2, 0.25) is 10.0 Å². The first-order chi connectivity index (χ1) is 9.54. The second-order valence-corrected chi connectivity index (χ2v) is 4.94. The minimum atomic E-state index is -0.432. The lowest BCUT2D eigenvalue weighted by molar-refractivity contribution is 0.0989. The van der Waals surface area contributed by atoms with E-state index in [1.807, 2.05) is 0 Å². The zero-order valence-corrected chi connectivity index (χ0v) is 12.1. The summed E-state index contributed by atoms with van der Waals surface area (Å²) >= 11 is 12.0. The molecule has 0 saturated carbocycles. The van der Waals surface area contributed by atoms with Gasteiger partial charge < -0.3 is 4.74 Å². The van der Waals surface area contributed by atoms with Crippen molar-refractivity contribution in [2.24, 2.45) is 0 Å². The molecule has 0 aliphatic heterocycles. The molecule has 0 saturated heterocycles. The normalized spacial score (nSPS) is 10.4. The Bertz CT molecular complexity index is 656. The third kappa shape index (κ3) is 2.94. The quantitative estimate of drug-likeness (QED) is 0.773. The Balaban J connectivity index is 2.40. The molecule has 20 heavy (non-hydrogen) atoms. The first-order valence-electron chi connectivity index (χ1n) is 5.83. The largest absolute Gasteiger partial charge is 0.494 e. The number of ether oxygens (including phenoxy) is 1. The van der Waals surface area contributed by atoms with E-state index in [0.29, 0.717) is 5.56 Å². The lowest BCUT2D eigenvalue weighted by Crippen LogP contribution is -2.08. The minimum Gasteiger partial charge on any atom is -0.494 e. The van der Waals surface area contributed by atoms with Crippen molar-refractivity contribution >= 4 is 29.0 Å². The van der Waals surface area contributed by atoms with E-state index < -0.39 is 5.82 Å². The molecule has 0 heterocycles. The second kappa shape index (κ2) is 6.25. The van der Waals surface area contributed by atoms with E-state index in [-0.39, 0.29) is 33.6 Å². The zero-order valence-electron chi connectivity index (χ0n) is 10.6. The number of benzene rings is 2. The van der Waals surface area contributed by atoms with Gasteiger partial charge in [0.1, 0.15) is 11.6 Å². The summed E-state index contributed by atoms with van der Waals surface area (Å²) in [5, 5.41) is 0.515. The number of methoxy groups -OCH3 is 1. The topological polar surface area (TPSA) is 26.3 Å². The van der Waals surface area contributed by atoms with Crippen LogP contribution in [0.1, 0.15) is 15.9 Å². The number of hydrogen-bond donors (Lipinski definition) is 0. The van der Waals surface area contributed by atoms with Crippen molar-refractivity contribution in [1.82, 2.24) is 0 Å². The van der Waals surface area contributed by atoms with Crippen LogP contribution < -0.4 is 4.74 Å². The molecule has 0 aliphatic carbocycles. The van der Waals surface area contributed by atoms with E-state index in [4.69, 9.17) is 27.9 Å². The smallest absolute Gasteiger partial charge is 0.172 e. The highest BCUT2D eigenvalue weighted by Crippen LogP contribution is 2.34. The standard InChI is InChI=1S/C15H11Cl2FO2/c1-20-15-11(17)7-6-10(16)14(15)13(19)8-9-4-2-3-5-12(9)18/h2-7H,8H2,1H3. The highest BCUT2D eigenvalue weighted by atomic mass is 35.5. The average molecular weight is 313 g/mol. The maximum absolute atomic E-state index is 13.6. The molecular formula is C15H11Cl2FO2. The molecule has 0 spiro atoms. The minimum absolute atomic E-state index is 0.108. The van der Waals surface area contributed by atoms with Crippen LogP contribution in [0.5, 0.6) is 5.75 Å². The van der Waals surface area contributed by atoms with Gasteiger partial charge in [0.25, 0.3) is 0 Å². The molecule has 0 amide bonds. The molecule has 5 heteroatoms. The Morgan fingerprint density at radius 3 is 2.45 bits per heavy atom. The van der Waals surface area contributed by atoms with Gasteiger partial charge in [-0.15, -0.1) is 0 Å². The van der Waals surface area contributed by atoms with E-state index in [1.54, 1.807) is 24.3 Å². The summed E-state index contributed by atoms with van der Waals surface area (Å²) in [4.78, 5) is 12.3. The van der Waals surface area contributed by atoms with Crippen molar-refractivity contribution in [3.8, 4) is 5.75 Å². The maximum atomic E-state index is 13.6. The van der Waals surface area contributed by atoms with Gasteiger partial charge in [0.2, 0.25) is 0 Å². The van der Waals surface area contributed by atoms with Gasteiger partial charge in [-0.05, 0) is 23.8 Å². The van der Waals surface area contributed by atoms with Gasteiger partial charge in [-0.3, -0.25) is 4.79 Å². The number of ketones is 1. The molecule has 0 fully saturated rings. The Hall–Kier alpha value is -1.58. The summed E-state index contributed by atoms with van der Waals surface area (Å²) in [6.07, 6.45) is -0.108. The summed E-state index contributed by atoms with van der Waals surface area (Å²) in [5.41, 5.74) is 0.473. The third-order valence-electron chi connectivity index (χ3n) is 2.85. The zero-order chi connectivity index (χ0) is 14.7. The van der Waals surface area contributed by atoms with Crippen molar-refractivity contribution in [2.45, 2.75) is 6.42 Å². The molecule has 0 unspecified atom stereocenters. The van der Waals surface area contributed by atoms with Crippen molar-refractivity contribution in [1.29, 1.82) is 0 Å². The van der Waals surface area contributed by atoms with Crippen molar-refractivity contribution < 1.29 is 13.9 Å². The van der Waals surface area contributed by atoms with Crippen molar-refractivity contribution in [2.75, 3.05) is 7.11 Å². The first kappa shape index (κ1) is 14.8. The predicted molar refractivity (Wildman–Crippen MR) is 77.4 cm³/mol. The summed E-state index contributed by atoms with van der Waals surface area (Å²) in [5.74, 6) is -0.571. The van der Waals surface area contributed by atoms with Gasteiger partial charge in [-0.2, -0.15) is 0 Å². The van der Waals surface area contributed by atoms with Gasteiger partial charge in [-0.1, -0.05) is 41.4 Å². The number of Topliss-reactive ketones (excluding diaryl/α,β-unsaturated/α-hetero) is 1. The summed E-state index contributed by atoms with van der Waals surface area (Å²) in [6, 6.07) is 9.15.